The van der Waals surface area contributed by atoms with Crippen molar-refractivity contribution in [3.8, 4) is 0 Å². The molecular formula is C10H12FNO. The summed E-state index contributed by atoms with van der Waals surface area (Å²) < 4.78 is 17.9. The third kappa shape index (κ3) is 3.23. The summed E-state index contributed by atoms with van der Waals surface area (Å²) >= 11 is 0. The number of aromatic nitrogens is 1. The second-order valence-corrected chi connectivity index (χ2v) is 2.69. The normalized spacial score (nSPS) is 9.69. The average Bonchev–Trinajstić information content (AvgIpc) is 2.14. The minimum absolute atomic E-state index is 0.331. The Hall–Kier alpha value is -1.38. The van der Waals surface area contributed by atoms with E-state index >= 15 is 0 Å². The van der Waals surface area contributed by atoms with Gasteiger partial charge in [-0.3, -0.25) is 4.98 Å². The average molecular weight is 181 g/mol. The van der Waals surface area contributed by atoms with Gasteiger partial charge in [0.25, 0.3) is 0 Å². The van der Waals surface area contributed by atoms with E-state index < -0.39 is 0 Å². The van der Waals surface area contributed by atoms with Crippen LogP contribution in [0.5, 0.6) is 0 Å². The van der Waals surface area contributed by atoms with Gasteiger partial charge >= 0.3 is 0 Å². The first-order valence-electron chi connectivity index (χ1n) is 4.12. The van der Waals surface area contributed by atoms with Gasteiger partial charge in [0, 0.05) is 18.2 Å². The van der Waals surface area contributed by atoms with E-state index in [4.69, 9.17) is 4.74 Å². The molecule has 1 rings (SSSR count). The topological polar surface area (TPSA) is 22.1 Å². The van der Waals surface area contributed by atoms with Gasteiger partial charge in [-0.15, -0.1) is 0 Å². The fourth-order valence-electron chi connectivity index (χ4n) is 0.822. The summed E-state index contributed by atoms with van der Waals surface area (Å²) in [5, 5.41) is 0. The zero-order valence-corrected chi connectivity index (χ0v) is 7.59. The van der Waals surface area contributed by atoms with Gasteiger partial charge < -0.3 is 4.74 Å². The highest BCUT2D eigenvalue weighted by molar-refractivity contribution is 5.09. The van der Waals surface area contributed by atoms with E-state index in [0.29, 0.717) is 12.4 Å². The standard InChI is InChI=1S/C10H12FNO/c1-3-8(2)13-7-9-4-10(11)6-12-5-9/h4-6H,2-3,7H2,1H3. The van der Waals surface area contributed by atoms with Crippen LogP contribution >= 0.6 is 0 Å². The molecule has 0 radical (unpaired) electrons. The third-order valence-electron chi connectivity index (χ3n) is 1.60. The summed E-state index contributed by atoms with van der Waals surface area (Å²) in [6, 6.07) is 1.40. The smallest absolute Gasteiger partial charge is 0.141 e. The molecule has 1 heterocycles. The molecule has 0 aliphatic heterocycles. The first-order valence-corrected chi connectivity index (χ1v) is 4.12. The molecule has 0 aromatic carbocycles. The van der Waals surface area contributed by atoms with E-state index in [1.165, 1.54) is 6.07 Å². The van der Waals surface area contributed by atoms with Crippen molar-refractivity contribution < 1.29 is 9.13 Å². The Morgan fingerprint density at radius 2 is 2.38 bits per heavy atom. The lowest BCUT2D eigenvalue weighted by Crippen LogP contribution is -1.93. The molecule has 0 spiro atoms. The lowest BCUT2D eigenvalue weighted by Gasteiger charge is -2.06. The summed E-state index contributed by atoms with van der Waals surface area (Å²) in [7, 11) is 0. The van der Waals surface area contributed by atoms with Crippen LogP contribution in [0.4, 0.5) is 4.39 Å². The lowest BCUT2D eigenvalue weighted by atomic mass is 10.3. The van der Waals surface area contributed by atoms with Crippen LogP contribution < -0.4 is 0 Å². The molecule has 0 saturated carbocycles. The van der Waals surface area contributed by atoms with Crippen molar-refractivity contribution in [2.24, 2.45) is 0 Å². The number of halogens is 1. The molecule has 1 aromatic rings. The van der Waals surface area contributed by atoms with E-state index in [2.05, 4.69) is 11.6 Å². The molecule has 0 amide bonds. The van der Waals surface area contributed by atoms with Gasteiger partial charge in [-0.2, -0.15) is 0 Å². The van der Waals surface area contributed by atoms with Crippen LogP contribution in [0.3, 0.4) is 0 Å². The summed E-state index contributed by atoms with van der Waals surface area (Å²) in [5.74, 6) is 0.354. The Kier molecular flexibility index (Phi) is 3.43. The molecule has 0 bridgehead atoms. The van der Waals surface area contributed by atoms with Gasteiger partial charge in [-0.25, -0.2) is 4.39 Å². The predicted molar refractivity (Wildman–Crippen MR) is 48.4 cm³/mol. The molecule has 13 heavy (non-hydrogen) atoms. The van der Waals surface area contributed by atoms with Gasteiger partial charge in [-0.1, -0.05) is 13.5 Å². The van der Waals surface area contributed by atoms with Crippen molar-refractivity contribution in [2.75, 3.05) is 0 Å². The number of nitrogens with zero attached hydrogens (tertiary/aromatic N) is 1. The van der Waals surface area contributed by atoms with Crippen LogP contribution in [0, 0.1) is 5.82 Å². The maximum atomic E-state index is 12.6. The van der Waals surface area contributed by atoms with Crippen LogP contribution in [-0.2, 0) is 11.3 Å². The molecule has 1 aromatic heterocycles. The molecule has 0 atom stereocenters. The van der Waals surface area contributed by atoms with E-state index in [9.17, 15) is 4.39 Å². The van der Waals surface area contributed by atoms with Crippen molar-refractivity contribution >= 4 is 0 Å². The number of ether oxygens (including phenoxy) is 1. The maximum absolute atomic E-state index is 12.6. The number of allylic oxidation sites excluding steroid dienone is 1. The maximum Gasteiger partial charge on any atom is 0.141 e. The Balaban J connectivity index is 2.50. The Morgan fingerprint density at radius 3 is 3.00 bits per heavy atom. The quantitative estimate of drug-likeness (QED) is 0.666. The van der Waals surface area contributed by atoms with E-state index in [1.54, 1.807) is 6.20 Å². The van der Waals surface area contributed by atoms with Gasteiger partial charge in [0.1, 0.15) is 12.4 Å². The molecule has 70 valence electrons. The fourth-order valence-corrected chi connectivity index (χ4v) is 0.822. The van der Waals surface area contributed by atoms with Gasteiger partial charge in [0.2, 0.25) is 0 Å². The minimum Gasteiger partial charge on any atom is -0.494 e. The highest BCUT2D eigenvalue weighted by Crippen LogP contribution is 2.06. The van der Waals surface area contributed by atoms with Crippen LogP contribution in [0.1, 0.15) is 18.9 Å². The highest BCUT2D eigenvalue weighted by Gasteiger charge is 1.97. The van der Waals surface area contributed by atoms with E-state index in [-0.39, 0.29) is 5.82 Å². The summed E-state index contributed by atoms with van der Waals surface area (Å²) in [6.45, 7) is 5.96. The summed E-state index contributed by atoms with van der Waals surface area (Å²) in [4.78, 5) is 3.70. The van der Waals surface area contributed by atoms with Crippen LogP contribution in [0.2, 0.25) is 0 Å². The SMILES string of the molecule is C=C(CC)OCc1cncc(F)c1. The van der Waals surface area contributed by atoms with Crippen LogP contribution in [-0.4, -0.2) is 4.98 Å². The van der Waals surface area contributed by atoms with E-state index in [0.717, 1.165) is 18.2 Å². The van der Waals surface area contributed by atoms with Gasteiger partial charge in [-0.05, 0) is 6.07 Å². The van der Waals surface area contributed by atoms with Crippen LogP contribution in [0.25, 0.3) is 0 Å². The fraction of sp³-hybridized carbons (Fsp3) is 0.300. The van der Waals surface area contributed by atoms with Crippen molar-refractivity contribution in [1.82, 2.24) is 4.98 Å². The molecule has 0 saturated heterocycles. The lowest BCUT2D eigenvalue weighted by molar-refractivity contribution is 0.192. The van der Waals surface area contributed by atoms with Crippen molar-refractivity contribution in [3.63, 3.8) is 0 Å². The highest BCUT2D eigenvalue weighted by atomic mass is 19.1. The Labute approximate surface area is 77.1 Å². The molecular weight excluding hydrogens is 169 g/mol. The van der Waals surface area contributed by atoms with Gasteiger partial charge in [0.15, 0.2) is 0 Å². The molecule has 3 heteroatoms. The second kappa shape index (κ2) is 4.60. The molecule has 0 unspecified atom stereocenters. The molecule has 0 aliphatic rings. The first kappa shape index (κ1) is 9.71. The monoisotopic (exact) mass is 181 g/mol. The largest absolute Gasteiger partial charge is 0.494 e. The number of pyridine rings is 1. The molecule has 0 aliphatic carbocycles. The molecule has 0 N–H and O–H groups in total. The zero-order valence-electron chi connectivity index (χ0n) is 7.59. The van der Waals surface area contributed by atoms with Crippen molar-refractivity contribution in [3.05, 3.63) is 42.2 Å². The zero-order chi connectivity index (χ0) is 9.68. The van der Waals surface area contributed by atoms with Crippen LogP contribution in [0.15, 0.2) is 30.8 Å². The van der Waals surface area contributed by atoms with Crippen molar-refractivity contribution in [1.29, 1.82) is 0 Å². The number of hydrogen-bond donors (Lipinski definition) is 0. The predicted octanol–water partition coefficient (Wildman–Crippen LogP) is 2.66. The third-order valence-corrected chi connectivity index (χ3v) is 1.60. The number of rotatable bonds is 4. The summed E-state index contributed by atoms with van der Waals surface area (Å²) in [5.41, 5.74) is 0.717. The minimum atomic E-state index is -0.344. The number of hydrogen-bond acceptors (Lipinski definition) is 2. The Morgan fingerprint density at radius 1 is 1.62 bits per heavy atom. The Bertz CT molecular complexity index is 299. The molecule has 0 fully saturated rings. The second-order valence-electron chi connectivity index (χ2n) is 2.69. The molecule has 2 nitrogen and oxygen atoms in total. The first-order chi connectivity index (χ1) is 6.22. The van der Waals surface area contributed by atoms with E-state index in [1.807, 2.05) is 6.92 Å². The van der Waals surface area contributed by atoms with Gasteiger partial charge in [0.05, 0.1) is 12.0 Å². The summed E-state index contributed by atoms with van der Waals surface area (Å²) in [6.07, 6.45) is 3.51. The van der Waals surface area contributed by atoms with Crippen molar-refractivity contribution in [2.45, 2.75) is 20.0 Å².